The molecule has 1 unspecified atom stereocenters. The SMILES string of the molecule is CCNC(Cc1cc(Br)ccc1[N+](=O)[O-])c1ccccc1. The first-order chi connectivity index (χ1) is 10.1. The highest BCUT2D eigenvalue weighted by molar-refractivity contribution is 9.10. The van der Waals surface area contributed by atoms with Gasteiger partial charge in [-0.3, -0.25) is 10.1 Å². The molecule has 110 valence electrons. The van der Waals surface area contributed by atoms with Gasteiger partial charge in [0.25, 0.3) is 5.69 Å². The van der Waals surface area contributed by atoms with Gasteiger partial charge in [-0.1, -0.05) is 53.2 Å². The van der Waals surface area contributed by atoms with Crippen molar-refractivity contribution >= 4 is 21.6 Å². The number of rotatable bonds is 6. The molecule has 5 heteroatoms. The predicted molar refractivity (Wildman–Crippen MR) is 87.4 cm³/mol. The van der Waals surface area contributed by atoms with Crippen molar-refractivity contribution in [2.45, 2.75) is 19.4 Å². The molecule has 2 rings (SSSR count). The summed E-state index contributed by atoms with van der Waals surface area (Å²) in [5, 5.41) is 14.6. The zero-order chi connectivity index (χ0) is 15.2. The molecule has 0 aliphatic carbocycles. The number of likely N-dealkylation sites (N-methyl/N-ethyl adjacent to an activating group) is 1. The van der Waals surface area contributed by atoms with E-state index in [4.69, 9.17) is 0 Å². The highest BCUT2D eigenvalue weighted by Gasteiger charge is 2.19. The molecular formula is C16H17BrN2O2. The van der Waals surface area contributed by atoms with E-state index < -0.39 is 0 Å². The molecule has 0 saturated heterocycles. The van der Waals surface area contributed by atoms with Crippen LogP contribution in [0.1, 0.15) is 24.1 Å². The van der Waals surface area contributed by atoms with Crippen molar-refractivity contribution in [2.75, 3.05) is 6.54 Å². The second-order valence-electron chi connectivity index (χ2n) is 4.76. The first kappa shape index (κ1) is 15.7. The maximum atomic E-state index is 11.2. The lowest BCUT2D eigenvalue weighted by Crippen LogP contribution is -2.23. The lowest BCUT2D eigenvalue weighted by Gasteiger charge is -2.18. The second kappa shape index (κ2) is 7.33. The van der Waals surface area contributed by atoms with Crippen LogP contribution in [0.15, 0.2) is 53.0 Å². The van der Waals surface area contributed by atoms with Gasteiger partial charge >= 0.3 is 0 Å². The van der Waals surface area contributed by atoms with E-state index in [0.717, 1.165) is 22.1 Å². The van der Waals surface area contributed by atoms with E-state index in [1.165, 1.54) is 0 Å². The molecule has 1 atom stereocenters. The monoisotopic (exact) mass is 348 g/mol. The van der Waals surface area contributed by atoms with Crippen molar-refractivity contribution in [1.82, 2.24) is 5.32 Å². The smallest absolute Gasteiger partial charge is 0.272 e. The molecule has 2 aromatic rings. The molecule has 0 aromatic heterocycles. The van der Waals surface area contributed by atoms with E-state index in [9.17, 15) is 10.1 Å². The number of nitro groups is 1. The number of halogens is 1. The number of benzene rings is 2. The summed E-state index contributed by atoms with van der Waals surface area (Å²) in [5.41, 5.74) is 2.02. The van der Waals surface area contributed by atoms with Gasteiger partial charge in [0.1, 0.15) is 0 Å². The minimum Gasteiger partial charge on any atom is -0.310 e. The summed E-state index contributed by atoms with van der Waals surface area (Å²) < 4.78 is 0.853. The van der Waals surface area contributed by atoms with Crippen molar-refractivity contribution < 1.29 is 4.92 Å². The summed E-state index contributed by atoms with van der Waals surface area (Å²) in [6, 6.07) is 15.1. The largest absolute Gasteiger partial charge is 0.310 e. The fourth-order valence-corrected chi connectivity index (χ4v) is 2.76. The molecule has 0 aliphatic heterocycles. The Morgan fingerprint density at radius 2 is 1.95 bits per heavy atom. The van der Waals surface area contributed by atoms with Crippen LogP contribution in [0, 0.1) is 10.1 Å². The summed E-state index contributed by atoms with van der Waals surface area (Å²) in [4.78, 5) is 10.9. The minimum absolute atomic E-state index is 0.0594. The average Bonchev–Trinajstić information content (AvgIpc) is 2.47. The van der Waals surface area contributed by atoms with Crippen LogP contribution in [-0.4, -0.2) is 11.5 Å². The summed E-state index contributed by atoms with van der Waals surface area (Å²) in [6.07, 6.45) is 0.577. The van der Waals surface area contributed by atoms with Gasteiger partial charge in [-0.25, -0.2) is 0 Å². The first-order valence-corrected chi connectivity index (χ1v) is 7.62. The maximum Gasteiger partial charge on any atom is 0.272 e. The van der Waals surface area contributed by atoms with Crippen molar-refractivity contribution in [2.24, 2.45) is 0 Å². The molecule has 0 bridgehead atoms. The van der Waals surface area contributed by atoms with Crippen LogP contribution < -0.4 is 5.32 Å². The van der Waals surface area contributed by atoms with Gasteiger partial charge in [0.05, 0.1) is 4.92 Å². The Bertz CT molecular complexity index is 617. The third-order valence-electron chi connectivity index (χ3n) is 3.31. The van der Waals surface area contributed by atoms with E-state index >= 15 is 0 Å². The molecule has 0 spiro atoms. The highest BCUT2D eigenvalue weighted by Crippen LogP contribution is 2.28. The van der Waals surface area contributed by atoms with Crippen molar-refractivity contribution in [3.05, 3.63) is 74.2 Å². The number of nitrogens with zero attached hydrogens (tertiary/aromatic N) is 1. The van der Waals surface area contributed by atoms with Gasteiger partial charge in [0, 0.05) is 22.1 Å². The molecule has 0 fully saturated rings. The zero-order valence-electron chi connectivity index (χ0n) is 11.8. The van der Waals surface area contributed by atoms with Crippen LogP contribution in [0.5, 0.6) is 0 Å². The minimum atomic E-state index is -0.324. The van der Waals surface area contributed by atoms with E-state index in [-0.39, 0.29) is 16.7 Å². The number of hydrogen-bond donors (Lipinski definition) is 1. The Hall–Kier alpha value is -1.72. The summed E-state index contributed by atoms with van der Waals surface area (Å²) in [7, 11) is 0. The molecule has 0 aliphatic rings. The van der Waals surface area contributed by atoms with Crippen LogP contribution in [0.3, 0.4) is 0 Å². The van der Waals surface area contributed by atoms with Crippen LogP contribution in [0.2, 0.25) is 0 Å². The third-order valence-corrected chi connectivity index (χ3v) is 3.81. The van der Waals surface area contributed by atoms with Gasteiger partial charge in [-0.15, -0.1) is 0 Å². The van der Waals surface area contributed by atoms with E-state index in [0.29, 0.717) is 6.42 Å². The number of nitrogens with one attached hydrogen (secondary N) is 1. The zero-order valence-corrected chi connectivity index (χ0v) is 13.3. The molecule has 0 amide bonds. The molecule has 0 radical (unpaired) electrons. The molecular weight excluding hydrogens is 332 g/mol. The fraction of sp³-hybridized carbons (Fsp3) is 0.250. The highest BCUT2D eigenvalue weighted by atomic mass is 79.9. The predicted octanol–water partition coefficient (Wildman–Crippen LogP) is 4.25. The van der Waals surface area contributed by atoms with E-state index in [1.54, 1.807) is 12.1 Å². The van der Waals surface area contributed by atoms with E-state index in [1.807, 2.05) is 43.3 Å². The molecule has 2 aromatic carbocycles. The lowest BCUT2D eigenvalue weighted by molar-refractivity contribution is -0.385. The van der Waals surface area contributed by atoms with Gasteiger partial charge in [0.2, 0.25) is 0 Å². The fourth-order valence-electron chi connectivity index (χ4n) is 2.36. The van der Waals surface area contributed by atoms with Crippen molar-refractivity contribution in [3.63, 3.8) is 0 Å². The summed E-state index contributed by atoms with van der Waals surface area (Å²) in [5.74, 6) is 0. The van der Waals surface area contributed by atoms with Gasteiger partial charge in [-0.05, 0) is 30.7 Å². The maximum absolute atomic E-state index is 11.2. The number of nitro benzene ring substituents is 1. The summed E-state index contributed by atoms with van der Waals surface area (Å²) in [6.45, 7) is 2.84. The Labute approximate surface area is 132 Å². The normalized spacial score (nSPS) is 12.1. The third kappa shape index (κ3) is 4.12. The molecule has 0 saturated carbocycles. The second-order valence-corrected chi connectivity index (χ2v) is 5.67. The topological polar surface area (TPSA) is 55.2 Å². The van der Waals surface area contributed by atoms with Crippen LogP contribution in [0.25, 0.3) is 0 Å². The Morgan fingerprint density at radius 1 is 1.24 bits per heavy atom. The van der Waals surface area contributed by atoms with E-state index in [2.05, 4.69) is 21.2 Å². The van der Waals surface area contributed by atoms with Crippen LogP contribution in [0.4, 0.5) is 5.69 Å². The van der Waals surface area contributed by atoms with Crippen molar-refractivity contribution in [3.8, 4) is 0 Å². The van der Waals surface area contributed by atoms with Gasteiger partial charge in [-0.2, -0.15) is 0 Å². The Balaban J connectivity index is 2.33. The molecule has 0 heterocycles. The standard InChI is InChI=1S/C16H17BrN2O2/c1-2-18-15(12-6-4-3-5-7-12)11-13-10-14(17)8-9-16(13)19(20)21/h3-10,15,18H,2,11H2,1H3. The first-order valence-electron chi connectivity index (χ1n) is 6.83. The lowest BCUT2D eigenvalue weighted by atomic mass is 9.98. The Morgan fingerprint density at radius 3 is 2.57 bits per heavy atom. The van der Waals surface area contributed by atoms with Gasteiger partial charge < -0.3 is 5.32 Å². The van der Waals surface area contributed by atoms with Crippen LogP contribution in [-0.2, 0) is 6.42 Å². The average molecular weight is 349 g/mol. The molecule has 21 heavy (non-hydrogen) atoms. The summed E-state index contributed by atoms with van der Waals surface area (Å²) >= 11 is 3.39. The quantitative estimate of drug-likeness (QED) is 0.627. The number of hydrogen-bond acceptors (Lipinski definition) is 3. The van der Waals surface area contributed by atoms with Crippen LogP contribution >= 0.6 is 15.9 Å². The Kier molecular flexibility index (Phi) is 5.47. The van der Waals surface area contributed by atoms with Crippen molar-refractivity contribution in [1.29, 1.82) is 0 Å². The van der Waals surface area contributed by atoms with Gasteiger partial charge in [0.15, 0.2) is 0 Å². The molecule has 4 nitrogen and oxygen atoms in total. The molecule has 1 N–H and O–H groups in total.